The Morgan fingerprint density at radius 3 is 2.54 bits per heavy atom. The predicted octanol–water partition coefficient (Wildman–Crippen LogP) is 4.24. The summed E-state index contributed by atoms with van der Waals surface area (Å²) < 4.78 is 26.9. The summed E-state index contributed by atoms with van der Waals surface area (Å²) >= 11 is 11.6. The first-order chi connectivity index (χ1) is 12.3. The van der Waals surface area contributed by atoms with Crippen molar-refractivity contribution < 1.29 is 8.42 Å². The van der Waals surface area contributed by atoms with E-state index in [-0.39, 0.29) is 9.92 Å². The first-order valence-electron chi connectivity index (χ1n) is 9.16. The van der Waals surface area contributed by atoms with Gasteiger partial charge in [0.1, 0.15) is 4.90 Å². The number of hydrogen-bond donors (Lipinski definition) is 2. The Morgan fingerprint density at radius 1 is 1.27 bits per heavy atom. The third-order valence-electron chi connectivity index (χ3n) is 4.94. The Morgan fingerprint density at radius 2 is 1.92 bits per heavy atom. The van der Waals surface area contributed by atoms with Crippen molar-refractivity contribution in [2.24, 2.45) is 5.92 Å². The second kappa shape index (κ2) is 9.35. The van der Waals surface area contributed by atoms with E-state index in [0.29, 0.717) is 35.8 Å². The number of hydrogen-bond acceptors (Lipinski definition) is 3. The van der Waals surface area contributed by atoms with E-state index in [1.54, 1.807) is 32.0 Å². The maximum absolute atomic E-state index is 12.8. The van der Waals surface area contributed by atoms with Crippen molar-refractivity contribution in [2.75, 3.05) is 18.4 Å². The Labute approximate surface area is 167 Å². The fourth-order valence-electron chi connectivity index (χ4n) is 3.35. The average Bonchev–Trinajstić information content (AvgIpc) is 2.59. The molecule has 5 nitrogen and oxygen atoms in total. The molecular weight excluding hydrogens is 390 g/mol. The minimum atomic E-state index is -3.63. The molecule has 2 N–H and O–H groups in total. The van der Waals surface area contributed by atoms with Gasteiger partial charge in [0.05, 0.1) is 5.02 Å². The van der Waals surface area contributed by atoms with E-state index in [4.69, 9.17) is 23.8 Å². The third-order valence-corrected chi connectivity index (χ3v) is 7.69. The summed E-state index contributed by atoms with van der Waals surface area (Å²) in [5, 5.41) is 7.19. The van der Waals surface area contributed by atoms with Gasteiger partial charge < -0.3 is 10.6 Å². The molecule has 1 aromatic carbocycles. The topological polar surface area (TPSA) is 61.4 Å². The molecule has 0 aliphatic heterocycles. The highest BCUT2D eigenvalue weighted by Crippen LogP contribution is 2.28. The fraction of sp³-hybridized carbons (Fsp3) is 0.611. The lowest BCUT2D eigenvalue weighted by Crippen LogP contribution is -2.43. The van der Waals surface area contributed by atoms with E-state index in [1.807, 2.05) is 0 Å². The van der Waals surface area contributed by atoms with Gasteiger partial charge in [-0.25, -0.2) is 8.42 Å². The molecule has 0 heterocycles. The molecule has 2 atom stereocenters. The van der Waals surface area contributed by atoms with Gasteiger partial charge >= 0.3 is 0 Å². The van der Waals surface area contributed by atoms with Crippen LogP contribution in [0.4, 0.5) is 5.69 Å². The molecule has 1 aliphatic carbocycles. The summed E-state index contributed by atoms with van der Waals surface area (Å²) in [6, 6.07) is 5.23. The zero-order valence-electron chi connectivity index (χ0n) is 15.6. The number of thiocarbonyl (C=S) groups is 1. The van der Waals surface area contributed by atoms with Gasteiger partial charge in [0, 0.05) is 24.8 Å². The SMILES string of the molecule is CCN(CC)S(=O)(=O)c1cc(NC(=S)N[C@H]2CCCC[C@H]2C)ccc1Cl. The van der Waals surface area contributed by atoms with E-state index in [0.717, 1.165) is 6.42 Å². The quantitative estimate of drug-likeness (QED) is 0.678. The van der Waals surface area contributed by atoms with Gasteiger partial charge in [-0.3, -0.25) is 0 Å². The summed E-state index contributed by atoms with van der Waals surface area (Å²) in [6.07, 6.45) is 4.78. The minimum Gasteiger partial charge on any atom is -0.359 e. The Balaban J connectivity index is 2.15. The van der Waals surface area contributed by atoms with E-state index >= 15 is 0 Å². The molecule has 1 aliphatic rings. The molecule has 26 heavy (non-hydrogen) atoms. The molecule has 1 aromatic rings. The van der Waals surface area contributed by atoms with Crippen LogP contribution >= 0.6 is 23.8 Å². The van der Waals surface area contributed by atoms with Crippen molar-refractivity contribution in [3.8, 4) is 0 Å². The van der Waals surface area contributed by atoms with Crippen LogP contribution in [0.25, 0.3) is 0 Å². The number of nitrogens with zero attached hydrogens (tertiary/aromatic N) is 1. The van der Waals surface area contributed by atoms with Gasteiger partial charge in [0.25, 0.3) is 0 Å². The van der Waals surface area contributed by atoms with Crippen molar-refractivity contribution in [3.05, 3.63) is 23.2 Å². The highest BCUT2D eigenvalue weighted by molar-refractivity contribution is 7.89. The van der Waals surface area contributed by atoms with Crippen LogP contribution < -0.4 is 10.6 Å². The minimum absolute atomic E-state index is 0.0988. The van der Waals surface area contributed by atoms with E-state index in [9.17, 15) is 8.42 Å². The normalized spacial score (nSPS) is 20.8. The monoisotopic (exact) mass is 417 g/mol. The van der Waals surface area contributed by atoms with E-state index in [1.165, 1.54) is 23.6 Å². The van der Waals surface area contributed by atoms with Crippen LogP contribution in [0, 0.1) is 5.92 Å². The number of sulfonamides is 1. The van der Waals surface area contributed by atoms with Crippen molar-refractivity contribution in [2.45, 2.75) is 57.4 Å². The molecule has 1 fully saturated rings. The number of halogens is 1. The van der Waals surface area contributed by atoms with Crippen LogP contribution in [0.15, 0.2) is 23.1 Å². The second-order valence-electron chi connectivity index (χ2n) is 6.70. The van der Waals surface area contributed by atoms with E-state index in [2.05, 4.69) is 17.6 Å². The zero-order chi connectivity index (χ0) is 19.3. The number of anilines is 1. The van der Waals surface area contributed by atoms with Gasteiger partial charge in [0.15, 0.2) is 5.11 Å². The second-order valence-corrected chi connectivity index (χ2v) is 9.42. The van der Waals surface area contributed by atoms with Gasteiger partial charge in [-0.05, 0) is 49.2 Å². The number of benzene rings is 1. The lowest BCUT2D eigenvalue weighted by atomic mass is 9.86. The molecular formula is C18H28ClN3O2S2. The predicted molar refractivity (Wildman–Crippen MR) is 112 cm³/mol. The average molecular weight is 418 g/mol. The number of nitrogens with one attached hydrogen (secondary N) is 2. The molecule has 0 saturated heterocycles. The standard InChI is InChI=1S/C18H28ClN3O2S2/c1-4-22(5-2)26(23,24)17-12-14(10-11-15(17)19)20-18(25)21-16-9-7-6-8-13(16)3/h10-13,16H,4-9H2,1-3H3,(H2,20,21,25)/t13-,16+/m1/s1. The van der Waals surface area contributed by atoms with Gasteiger partial charge in [-0.1, -0.05) is 45.2 Å². The summed E-state index contributed by atoms with van der Waals surface area (Å²) in [5.41, 5.74) is 0.612. The Hall–Kier alpha value is -0.890. The van der Waals surface area contributed by atoms with Crippen LogP contribution in [-0.2, 0) is 10.0 Å². The summed E-state index contributed by atoms with van der Waals surface area (Å²) in [4.78, 5) is 0.0988. The van der Waals surface area contributed by atoms with Crippen LogP contribution in [0.5, 0.6) is 0 Å². The lowest BCUT2D eigenvalue weighted by Gasteiger charge is -2.30. The summed E-state index contributed by atoms with van der Waals surface area (Å²) in [6.45, 7) is 6.64. The molecule has 0 spiro atoms. The van der Waals surface area contributed by atoms with Crippen LogP contribution in [0.1, 0.15) is 46.5 Å². The molecule has 2 rings (SSSR count). The van der Waals surface area contributed by atoms with Crippen molar-refractivity contribution >= 4 is 44.6 Å². The van der Waals surface area contributed by atoms with Crippen LogP contribution in [0.2, 0.25) is 5.02 Å². The molecule has 0 aromatic heterocycles. The van der Waals surface area contributed by atoms with E-state index < -0.39 is 10.0 Å². The van der Waals surface area contributed by atoms with Gasteiger partial charge in [-0.2, -0.15) is 4.31 Å². The molecule has 0 amide bonds. The van der Waals surface area contributed by atoms with Gasteiger partial charge in [0.2, 0.25) is 10.0 Å². The molecule has 146 valence electrons. The van der Waals surface area contributed by atoms with Crippen molar-refractivity contribution in [1.29, 1.82) is 0 Å². The van der Waals surface area contributed by atoms with Crippen LogP contribution in [-0.4, -0.2) is 37.0 Å². The largest absolute Gasteiger partial charge is 0.359 e. The fourth-order valence-corrected chi connectivity index (χ4v) is 5.58. The van der Waals surface area contributed by atoms with Gasteiger partial charge in [-0.15, -0.1) is 0 Å². The Kier molecular flexibility index (Phi) is 7.70. The molecule has 1 saturated carbocycles. The lowest BCUT2D eigenvalue weighted by molar-refractivity contribution is 0.309. The zero-order valence-corrected chi connectivity index (χ0v) is 18.0. The van der Waals surface area contributed by atoms with Crippen LogP contribution in [0.3, 0.4) is 0 Å². The smallest absolute Gasteiger partial charge is 0.244 e. The maximum atomic E-state index is 12.8. The number of rotatable bonds is 6. The highest BCUT2D eigenvalue weighted by atomic mass is 35.5. The first-order valence-corrected chi connectivity index (χ1v) is 11.4. The molecule has 8 heteroatoms. The third kappa shape index (κ3) is 5.09. The maximum Gasteiger partial charge on any atom is 0.244 e. The summed E-state index contributed by atoms with van der Waals surface area (Å²) in [5.74, 6) is 0.576. The Bertz CT molecular complexity index is 736. The summed E-state index contributed by atoms with van der Waals surface area (Å²) in [7, 11) is -3.63. The molecule has 0 radical (unpaired) electrons. The van der Waals surface area contributed by atoms with Crippen molar-refractivity contribution in [1.82, 2.24) is 9.62 Å². The highest BCUT2D eigenvalue weighted by Gasteiger charge is 2.25. The molecule has 0 bridgehead atoms. The first kappa shape index (κ1) is 21.4. The van der Waals surface area contributed by atoms with Crippen molar-refractivity contribution in [3.63, 3.8) is 0 Å². The molecule has 0 unspecified atom stereocenters.